The van der Waals surface area contributed by atoms with Crippen LogP contribution in [0.25, 0.3) is 0 Å². The summed E-state index contributed by atoms with van der Waals surface area (Å²) in [5.74, 6) is 0.326. The first kappa shape index (κ1) is 18.2. The van der Waals surface area contributed by atoms with Gasteiger partial charge in [-0.15, -0.1) is 0 Å². The zero-order valence-electron chi connectivity index (χ0n) is 12.5. The lowest BCUT2D eigenvalue weighted by molar-refractivity contribution is -0.127. The molecule has 1 atom stereocenters. The topological polar surface area (TPSA) is 64.6 Å². The van der Waals surface area contributed by atoms with Crippen LogP contribution in [0.3, 0.4) is 0 Å². The summed E-state index contributed by atoms with van der Waals surface area (Å²) in [6.07, 6.45) is 0.548. The molecule has 5 nitrogen and oxygen atoms in total. The maximum absolute atomic E-state index is 11.3. The van der Waals surface area contributed by atoms with E-state index in [1.165, 1.54) is 0 Å². The third-order valence-corrected chi connectivity index (χ3v) is 2.79. The summed E-state index contributed by atoms with van der Waals surface area (Å²) >= 11 is 0. The minimum Gasteiger partial charge on any atom is -0.378 e. The Morgan fingerprint density at radius 3 is 2.21 bits per heavy atom. The minimum atomic E-state index is -0.117. The lowest BCUT2D eigenvalue weighted by Crippen LogP contribution is -2.35. The summed E-state index contributed by atoms with van der Waals surface area (Å²) in [7, 11) is 0. The van der Waals surface area contributed by atoms with Crippen molar-refractivity contribution in [2.75, 3.05) is 33.0 Å². The van der Waals surface area contributed by atoms with Crippen molar-refractivity contribution in [2.24, 2.45) is 5.92 Å². The van der Waals surface area contributed by atoms with E-state index in [1.807, 2.05) is 27.7 Å². The Bertz CT molecular complexity index is 266. The molecule has 5 heteroatoms. The van der Waals surface area contributed by atoms with Crippen LogP contribution in [0.15, 0.2) is 0 Å². The smallest absolute Gasteiger partial charge is 0.160 e. The van der Waals surface area contributed by atoms with E-state index in [4.69, 9.17) is 9.47 Å². The van der Waals surface area contributed by atoms with Crippen LogP contribution >= 0.6 is 0 Å². The highest BCUT2D eigenvalue weighted by atomic mass is 16.5. The van der Waals surface area contributed by atoms with Crippen LogP contribution in [0.2, 0.25) is 0 Å². The largest absolute Gasteiger partial charge is 0.378 e. The standard InChI is InChI=1S/C14H27NO4/c1-5-13(16)12(4)15-6-7-18-8-9-19-10-14(17)11(2)3/h11-12,15H,5-10H2,1-4H3. The molecule has 0 fully saturated rings. The third-order valence-electron chi connectivity index (χ3n) is 2.79. The molecule has 0 rings (SSSR count). The molecule has 0 saturated carbocycles. The molecule has 0 aliphatic heterocycles. The SMILES string of the molecule is CCC(=O)C(C)NCCOCCOCC(=O)C(C)C. The zero-order valence-corrected chi connectivity index (χ0v) is 12.5. The maximum Gasteiger partial charge on any atom is 0.160 e. The van der Waals surface area contributed by atoms with Gasteiger partial charge in [0.2, 0.25) is 0 Å². The van der Waals surface area contributed by atoms with Gasteiger partial charge in [0.05, 0.1) is 25.9 Å². The van der Waals surface area contributed by atoms with E-state index in [1.54, 1.807) is 0 Å². The summed E-state index contributed by atoms with van der Waals surface area (Å²) < 4.78 is 10.5. The molecule has 0 aromatic carbocycles. The molecule has 0 radical (unpaired) electrons. The Hall–Kier alpha value is -0.780. The highest BCUT2D eigenvalue weighted by Gasteiger charge is 2.08. The van der Waals surface area contributed by atoms with Gasteiger partial charge in [-0.3, -0.25) is 9.59 Å². The molecule has 0 heterocycles. The molecular weight excluding hydrogens is 246 g/mol. The second-order valence-corrected chi connectivity index (χ2v) is 4.78. The Kier molecular flexibility index (Phi) is 10.6. The molecular formula is C14H27NO4. The fourth-order valence-electron chi connectivity index (χ4n) is 1.33. The highest BCUT2D eigenvalue weighted by molar-refractivity contribution is 5.83. The number of hydrogen-bond donors (Lipinski definition) is 1. The van der Waals surface area contributed by atoms with Crippen molar-refractivity contribution in [1.82, 2.24) is 5.32 Å². The second-order valence-electron chi connectivity index (χ2n) is 4.78. The van der Waals surface area contributed by atoms with E-state index < -0.39 is 0 Å². The summed E-state index contributed by atoms with van der Waals surface area (Å²) in [6, 6.07) is -0.117. The molecule has 0 aliphatic rings. The number of carbonyl (C=O) groups is 2. The number of carbonyl (C=O) groups excluding carboxylic acids is 2. The summed E-state index contributed by atoms with van der Waals surface area (Å²) in [5, 5.41) is 3.09. The predicted molar refractivity (Wildman–Crippen MR) is 74.2 cm³/mol. The van der Waals surface area contributed by atoms with Crippen LogP contribution < -0.4 is 5.32 Å². The van der Waals surface area contributed by atoms with Gasteiger partial charge in [-0.05, 0) is 6.92 Å². The van der Waals surface area contributed by atoms with Crippen LogP contribution in [0, 0.1) is 5.92 Å². The van der Waals surface area contributed by atoms with Crippen LogP contribution in [0.5, 0.6) is 0 Å². The second kappa shape index (κ2) is 11.1. The van der Waals surface area contributed by atoms with Gasteiger partial charge in [0.25, 0.3) is 0 Å². The Labute approximate surface area is 116 Å². The Morgan fingerprint density at radius 2 is 1.63 bits per heavy atom. The first-order valence-corrected chi connectivity index (χ1v) is 6.93. The zero-order chi connectivity index (χ0) is 14.7. The van der Waals surface area contributed by atoms with Gasteiger partial charge in [-0.1, -0.05) is 20.8 Å². The van der Waals surface area contributed by atoms with Gasteiger partial charge in [0, 0.05) is 18.9 Å². The van der Waals surface area contributed by atoms with Crippen molar-refractivity contribution >= 4 is 11.6 Å². The average molecular weight is 273 g/mol. The predicted octanol–water partition coefficient (Wildman–Crippen LogP) is 1.20. The number of hydrogen-bond acceptors (Lipinski definition) is 5. The van der Waals surface area contributed by atoms with E-state index in [2.05, 4.69) is 5.32 Å². The van der Waals surface area contributed by atoms with Gasteiger partial charge in [-0.25, -0.2) is 0 Å². The van der Waals surface area contributed by atoms with E-state index in [9.17, 15) is 9.59 Å². The number of Topliss-reactive ketones (excluding diaryl/α,β-unsaturated/α-hetero) is 2. The van der Waals surface area contributed by atoms with Crippen LogP contribution in [-0.4, -0.2) is 50.6 Å². The number of ether oxygens (including phenoxy) is 2. The number of nitrogens with one attached hydrogen (secondary N) is 1. The third kappa shape index (κ3) is 9.76. The molecule has 0 amide bonds. The van der Waals surface area contributed by atoms with Gasteiger partial charge >= 0.3 is 0 Å². The van der Waals surface area contributed by atoms with Crippen molar-refractivity contribution < 1.29 is 19.1 Å². The Balaban J connectivity index is 3.32. The van der Waals surface area contributed by atoms with Crippen LogP contribution in [-0.2, 0) is 19.1 Å². The lowest BCUT2D eigenvalue weighted by atomic mass is 10.1. The van der Waals surface area contributed by atoms with Crippen LogP contribution in [0.4, 0.5) is 0 Å². The molecule has 0 bridgehead atoms. The fraction of sp³-hybridized carbons (Fsp3) is 0.857. The maximum atomic E-state index is 11.3. The van der Waals surface area contributed by atoms with Crippen molar-refractivity contribution in [3.8, 4) is 0 Å². The molecule has 0 aliphatic carbocycles. The molecule has 112 valence electrons. The summed E-state index contributed by atoms with van der Waals surface area (Å²) in [6.45, 7) is 9.62. The first-order chi connectivity index (χ1) is 8.99. The molecule has 1 unspecified atom stereocenters. The summed E-state index contributed by atoms with van der Waals surface area (Å²) in [4.78, 5) is 22.5. The van der Waals surface area contributed by atoms with Crippen molar-refractivity contribution in [1.29, 1.82) is 0 Å². The molecule has 19 heavy (non-hydrogen) atoms. The average Bonchev–Trinajstić information content (AvgIpc) is 2.39. The molecule has 0 aromatic heterocycles. The number of ketones is 2. The molecule has 0 spiro atoms. The van der Waals surface area contributed by atoms with Crippen LogP contribution in [0.1, 0.15) is 34.1 Å². The van der Waals surface area contributed by atoms with Crippen molar-refractivity contribution in [3.63, 3.8) is 0 Å². The van der Waals surface area contributed by atoms with Crippen molar-refractivity contribution in [2.45, 2.75) is 40.2 Å². The fourth-order valence-corrected chi connectivity index (χ4v) is 1.33. The van der Waals surface area contributed by atoms with E-state index in [0.29, 0.717) is 32.8 Å². The normalized spacial score (nSPS) is 12.7. The van der Waals surface area contributed by atoms with Crippen molar-refractivity contribution in [3.05, 3.63) is 0 Å². The lowest BCUT2D eigenvalue weighted by Gasteiger charge is -2.11. The van der Waals surface area contributed by atoms with Gasteiger partial charge in [-0.2, -0.15) is 0 Å². The first-order valence-electron chi connectivity index (χ1n) is 6.93. The Morgan fingerprint density at radius 1 is 1.00 bits per heavy atom. The van der Waals surface area contributed by atoms with Gasteiger partial charge < -0.3 is 14.8 Å². The summed E-state index contributed by atoms with van der Waals surface area (Å²) in [5.41, 5.74) is 0. The van der Waals surface area contributed by atoms with E-state index in [-0.39, 0.29) is 30.1 Å². The van der Waals surface area contributed by atoms with Gasteiger partial charge in [0.1, 0.15) is 12.4 Å². The van der Waals surface area contributed by atoms with E-state index >= 15 is 0 Å². The quantitative estimate of drug-likeness (QED) is 0.541. The monoisotopic (exact) mass is 273 g/mol. The highest BCUT2D eigenvalue weighted by Crippen LogP contribution is 1.94. The molecule has 0 aromatic rings. The molecule has 1 N–H and O–H groups in total. The van der Waals surface area contributed by atoms with Gasteiger partial charge in [0.15, 0.2) is 5.78 Å². The number of rotatable bonds is 12. The molecule has 0 saturated heterocycles. The van der Waals surface area contributed by atoms with E-state index in [0.717, 1.165) is 0 Å². The minimum absolute atomic E-state index is 0.0164.